The largest absolute Gasteiger partial charge is 0.378 e. The highest BCUT2D eigenvalue weighted by Gasteiger charge is 2.61. The summed E-state index contributed by atoms with van der Waals surface area (Å²) in [7, 11) is 3.95. The second kappa shape index (κ2) is 5.50. The Morgan fingerprint density at radius 3 is 2.79 bits per heavy atom. The first-order valence-corrected chi connectivity index (χ1v) is 8.86. The van der Waals surface area contributed by atoms with Crippen molar-refractivity contribution in [1.82, 2.24) is 10.2 Å². The lowest BCUT2D eigenvalue weighted by Gasteiger charge is -2.19. The molecule has 1 saturated heterocycles. The predicted molar refractivity (Wildman–Crippen MR) is 93.0 cm³/mol. The van der Waals surface area contributed by atoms with Gasteiger partial charge in [-0.05, 0) is 43.9 Å². The van der Waals surface area contributed by atoms with Crippen LogP contribution in [0.4, 0.5) is 5.69 Å². The molecule has 1 spiro atoms. The maximum absolute atomic E-state index is 12.8. The van der Waals surface area contributed by atoms with Gasteiger partial charge in [0.1, 0.15) is 0 Å². The maximum atomic E-state index is 12.8. The average Bonchev–Trinajstić information content (AvgIpc) is 3.45. The number of anilines is 1. The van der Waals surface area contributed by atoms with Crippen LogP contribution in [0.3, 0.4) is 0 Å². The van der Waals surface area contributed by atoms with Crippen LogP contribution in [0.25, 0.3) is 0 Å². The molecule has 128 valence electrons. The number of hydrogen-bond acceptors (Lipinski definition) is 3. The van der Waals surface area contributed by atoms with Crippen molar-refractivity contribution < 1.29 is 9.59 Å². The number of nitrogens with one attached hydrogen (secondary N) is 1. The number of rotatable bonds is 4. The molecular weight excluding hydrogens is 302 g/mol. The highest BCUT2D eigenvalue weighted by atomic mass is 16.2. The summed E-state index contributed by atoms with van der Waals surface area (Å²) in [4.78, 5) is 29.0. The summed E-state index contributed by atoms with van der Waals surface area (Å²) in [6.45, 7) is 1.49. The van der Waals surface area contributed by atoms with E-state index in [2.05, 4.69) is 5.32 Å². The number of carbonyl (C=O) groups excluding carboxylic acids is 2. The summed E-state index contributed by atoms with van der Waals surface area (Å²) in [6.07, 6.45) is 4.14. The summed E-state index contributed by atoms with van der Waals surface area (Å²) in [6, 6.07) is 8.17. The number of hydrogen-bond donors (Lipinski definition) is 1. The Bertz CT molecular complexity index is 683. The molecule has 2 aliphatic carbocycles. The van der Waals surface area contributed by atoms with Gasteiger partial charge in [-0.1, -0.05) is 6.07 Å². The first-order chi connectivity index (χ1) is 11.5. The molecule has 1 N–H and O–H groups in total. The molecule has 1 aliphatic heterocycles. The Kier molecular flexibility index (Phi) is 3.55. The molecule has 4 rings (SSSR count). The van der Waals surface area contributed by atoms with E-state index in [9.17, 15) is 9.59 Å². The van der Waals surface area contributed by atoms with Crippen LogP contribution in [0.1, 0.15) is 36.0 Å². The van der Waals surface area contributed by atoms with Gasteiger partial charge in [0.15, 0.2) is 0 Å². The molecule has 1 aromatic rings. The highest BCUT2D eigenvalue weighted by Crippen LogP contribution is 2.58. The van der Waals surface area contributed by atoms with Gasteiger partial charge in [-0.2, -0.15) is 0 Å². The van der Waals surface area contributed by atoms with Crippen LogP contribution < -0.4 is 10.2 Å². The molecule has 3 aliphatic rings. The molecule has 5 heteroatoms. The van der Waals surface area contributed by atoms with E-state index in [4.69, 9.17) is 0 Å². The second-order valence-electron chi connectivity index (χ2n) is 7.82. The first kappa shape index (κ1) is 15.5. The normalized spacial score (nSPS) is 28.1. The summed E-state index contributed by atoms with van der Waals surface area (Å²) in [5.41, 5.74) is 1.81. The number of nitrogens with zero attached hydrogens (tertiary/aromatic N) is 2. The van der Waals surface area contributed by atoms with Gasteiger partial charge in [-0.3, -0.25) is 9.59 Å². The summed E-state index contributed by atoms with van der Waals surface area (Å²) in [5.74, 6) is 0.411. The van der Waals surface area contributed by atoms with Gasteiger partial charge in [-0.15, -0.1) is 0 Å². The van der Waals surface area contributed by atoms with Crippen molar-refractivity contribution in [3.63, 3.8) is 0 Å². The molecule has 24 heavy (non-hydrogen) atoms. The van der Waals surface area contributed by atoms with Crippen molar-refractivity contribution >= 4 is 17.5 Å². The lowest BCUT2D eigenvalue weighted by atomic mass is 10.0. The molecule has 1 aromatic carbocycles. The van der Waals surface area contributed by atoms with Crippen molar-refractivity contribution in [3.8, 4) is 0 Å². The van der Waals surface area contributed by atoms with E-state index in [-0.39, 0.29) is 23.1 Å². The van der Waals surface area contributed by atoms with Crippen molar-refractivity contribution in [2.24, 2.45) is 11.3 Å². The third-order valence-corrected chi connectivity index (χ3v) is 5.71. The molecule has 0 aromatic heterocycles. The van der Waals surface area contributed by atoms with E-state index in [1.807, 2.05) is 48.2 Å². The third-order valence-electron chi connectivity index (χ3n) is 5.71. The Balaban J connectivity index is 1.41. The zero-order valence-corrected chi connectivity index (χ0v) is 14.4. The molecule has 0 unspecified atom stereocenters. The molecule has 0 bridgehead atoms. The summed E-state index contributed by atoms with van der Waals surface area (Å²) >= 11 is 0. The van der Waals surface area contributed by atoms with Gasteiger partial charge in [0, 0.05) is 55.8 Å². The van der Waals surface area contributed by atoms with E-state index in [0.717, 1.165) is 50.0 Å². The number of amides is 2. The summed E-state index contributed by atoms with van der Waals surface area (Å²) in [5, 5.41) is 3.11. The molecule has 1 heterocycles. The van der Waals surface area contributed by atoms with Crippen LogP contribution in [0, 0.1) is 11.3 Å². The zero-order chi connectivity index (χ0) is 16.9. The molecule has 5 nitrogen and oxygen atoms in total. The minimum Gasteiger partial charge on any atom is -0.378 e. The zero-order valence-electron chi connectivity index (χ0n) is 14.4. The van der Waals surface area contributed by atoms with E-state index < -0.39 is 0 Å². The lowest BCUT2D eigenvalue weighted by Crippen LogP contribution is -2.32. The van der Waals surface area contributed by atoms with Crippen molar-refractivity contribution in [1.29, 1.82) is 0 Å². The lowest BCUT2D eigenvalue weighted by molar-refractivity contribution is -0.123. The summed E-state index contributed by atoms with van der Waals surface area (Å²) < 4.78 is 0. The average molecular weight is 327 g/mol. The van der Waals surface area contributed by atoms with Crippen molar-refractivity contribution in [2.45, 2.75) is 31.7 Å². The van der Waals surface area contributed by atoms with E-state index in [1.54, 1.807) is 0 Å². The van der Waals surface area contributed by atoms with Crippen LogP contribution >= 0.6 is 0 Å². The number of likely N-dealkylation sites (tertiary alicyclic amines) is 1. The van der Waals surface area contributed by atoms with Gasteiger partial charge in [0.05, 0.1) is 0 Å². The second-order valence-corrected chi connectivity index (χ2v) is 7.82. The molecular formula is C19H25N3O2. The van der Waals surface area contributed by atoms with Crippen LogP contribution in [-0.2, 0) is 4.79 Å². The first-order valence-electron chi connectivity index (χ1n) is 8.86. The fraction of sp³-hybridized carbons (Fsp3) is 0.579. The van der Waals surface area contributed by atoms with Gasteiger partial charge in [0.25, 0.3) is 5.91 Å². The predicted octanol–water partition coefficient (Wildman–Crippen LogP) is 1.88. The SMILES string of the molecule is CN(C)c1cccc(C(=O)N2CC[C@]3(C[C@@H]3C(=O)NC3CC3)C2)c1. The van der Waals surface area contributed by atoms with E-state index >= 15 is 0 Å². The minimum absolute atomic E-state index is 0.0494. The smallest absolute Gasteiger partial charge is 0.253 e. The minimum atomic E-state index is 0.0494. The van der Waals surface area contributed by atoms with Crippen LogP contribution in [0.5, 0.6) is 0 Å². The molecule has 2 saturated carbocycles. The molecule has 3 fully saturated rings. The van der Waals surface area contributed by atoms with Crippen LogP contribution in [-0.4, -0.2) is 49.9 Å². The van der Waals surface area contributed by atoms with Gasteiger partial charge in [0.2, 0.25) is 5.91 Å². The number of benzene rings is 1. The van der Waals surface area contributed by atoms with Crippen molar-refractivity contribution in [2.75, 3.05) is 32.1 Å². The Hall–Kier alpha value is -2.04. The van der Waals surface area contributed by atoms with E-state index in [0.29, 0.717) is 6.04 Å². The van der Waals surface area contributed by atoms with Crippen LogP contribution in [0.2, 0.25) is 0 Å². The fourth-order valence-corrected chi connectivity index (χ4v) is 3.87. The maximum Gasteiger partial charge on any atom is 0.253 e. The molecule has 0 radical (unpaired) electrons. The topological polar surface area (TPSA) is 52.7 Å². The number of carbonyl (C=O) groups is 2. The third kappa shape index (κ3) is 2.76. The quantitative estimate of drug-likeness (QED) is 0.919. The van der Waals surface area contributed by atoms with Gasteiger partial charge < -0.3 is 15.1 Å². The Morgan fingerprint density at radius 2 is 2.08 bits per heavy atom. The molecule has 2 atom stereocenters. The van der Waals surface area contributed by atoms with Crippen LogP contribution in [0.15, 0.2) is 24.3 Å². The van der Waals surface area contributed by atoms with Gasteiger partial charge >= 0.3 is 0 Å². The van der Waals surface area contributed by atoms with Gasteiger partial charge in [-0.25, -0.2) is 0 Å². The standard InChI is InChI=1S/C19H25N3O2/c1-21(2)15-5-3-4-13(10-15)18(24)22-9-8-19(12-22)11-16(19)17(23)20-14-6-7-14/h3-5,10,14,16H,6-9,11-12H2,1-2H3,(H,20,23)/t16-,19+/m1/s1. The highest BCUT2D eigenvalue weighted by molar-refractivity contribution is 5.95. The fourth-order valence-electron chi connectivity index (χ4n) is 3.87. The monoisotopic (exact) mass is 327 g/mol. The van der Waals surface area contributed by atoms with E-state index in [1.165, 1.54) is 0 Å². The Morgan fingerprint density at radius 1 is 1.29 bits per heavy atom. The molecule has 2 amide bonds. The van der Waals surface area contributed by atoms with Crippen molar-refractivity contribution in [3.05, 3.63) is 29.8 Å². The Labute approximate surface area is 143 Å².